The number of ether oxygens (including phenoxy) is 1. The summed E-state index contributed by atoms with van der Waals surface area (Å²) in [6.45, 7) is 1.10. The molecule has 0 fully saturated rings. The van der Waals surface area contributed by atoms with Crippen LogP contribution in [0.4, 0.5) is 24.5 Å². The highest BCUT2D eigenvalue weighted by atomic mass is 79.9. The first kappa shape index (κ1) is 33.5. The Kier molecular flexibility index (Phi) is 9.73. The molecule has 2 aromatic heterocycles. The number of rotatable bonds is 4. The maximum Gasteiger partial charge on any atom is 0.573 e. The summed E-state index contributed by atoms with van der Waals surface area (Å²) < 4.78 is 42.3. The summed E-state index contributed by atoms with van der Waals surface area (Å²) in [5, 5.41) is 1.25. The normalized spacial score (nSPS) is 14.1. The lowest BCUT2D eigenvalue weighted by molar-refractivity contribution is -0.274. The molecular formula is C35H24BrCl2F3N4O3. The summed E-state index contributed by atoms with van der Waals surface area (Å²) in [6.07, 6.45) is 3.15. The van der Waals surface area contributed by atoms with E-state index in [1.165, 1.54) is 24.4 Å². The average Bonchev–Trinajstić information content (AvgIpc) is 3.05. The van der Waals surface area contributed by atoms with E-state index in [0.29, 0.717) is 51.9 Å². The van der Waals surface area contributed by atoms with Gasteiger partial charge in [0.05, 0.1) is 23.8 Å². The molecule has 48 heavy (non-hydrogen) atoms. The quantitative estimate of drug-likeness (QED) is 0.183. The van der Waals surface area contributed by atoms with Crippen molar-refractivity contribution < 1.29 is 27.5 Å². The van der Waals surface area contributed by atoms with E-state index in [9.17, 15) is 22.8 Å². The highest BCUT2D eigenvalue weighted by molar-refractivity contribution is 9.10. The van der Waals surface area contributed by atoms with Crippen molar-refractivity contribution in [3.63, 3.8) is 0 Å². The van der Waals surface area contributed by atoms with Crippen LogP contribution >= 0.6 is 39.1 Å². The predicted molar refractivity (Wildman–Crippen MR) is 182 cm³/mol. The van der Waals surface area contributed by atoms with Crippen LogP contribution in [-0.2, 0) is 12.8 Å². The van der Waals surface area contributed by atoms with Crippen LogP contribution in [-0.4, -0.2) is 41.2 Å². The zero-order valence-electron chi connectivity index (χ0n) is 24.8. The van der Waals surface area contributed by atoms with Gasteiger partial charge in [-0.25, -0.2) is 0 Å². The minimum atomic E-state index is -4.77. The molecule has 2 aliphatic rings. The van der Waals surface area contributed by atoms with Crippen LogP contribution in [0.1, 0.15) is 31.8 Å². The van der Waals surface area contributed by atoms with Crippen molar-refractivity contribution in [2.75, 3.05) is 22.9 Å². The van der Waals surface area contributed by atoms with E-state index in [4.69, 9.17) is 23.2 Å². The number of fused-ring (bicyclic) bond motifs is 2. The molecule has 244 valence electrons. The summed E-state index contributed by atoms with van der Waals surface area (Å²) in [6, 6.07) is 19.8. The largest absolute Gasteiger partial charge is 0.573 e. The van der Waals surface area contributed by atoms with Crippen molar-refractivity contribution in [1.82, 2.24) is 9.97 Å². The van der Waals surface area contributed by atoms with Crippen LogP contribution < -0.4 is 14.5 Å². The molecule has 5 aromatic rings. The first-order chi connectivity index (χ1) is 22.9. The molecule has 2 aliphatic heterocycles. The number of amides is 2. The lowest BCUT2D eigenvalue weighted by Crippen LogP contribution is -2.37. The van der Waals surface area contributed by atoms with Crippen molar-refractivity contribution in [3.05, 3.63) is 134 Å². The maximum atomic E-state index is 12.9. The van der Waals surface area contributed by atoms with Crippen LogP contribution in [0, 0.1) is 0 Å². The number of carbonyl (C=O) groups is 2. The fraction of sp³-hybridized carbons (Fsp3) is 0.143. The second-order valence-corrected chi connectivity index (χ2v) is 12.7. The van der Waals surface area contributed by atoms with E-state index >= 15 is 0 Å². The first-order valence-electron chi connectivity index (χ1n) is 14.6. The Morgan fingerprint density at radius 3 is 1.81 bits per heavy atom. The monoisotopic (exact) mass is 754 g/mol. The third kappa shape index (κ3) is 7.64. The third-order valence-electron chi connectivity index (χ3n) is 7.73. The van der Waals surface area contributed by atoms with Gasteiger partial charge in [0.1, 0.15) is 5.75 Å². The standard InChI is InChI=1S/C21H14ClF3N2O2.C14H10BrClN2O/c22-16-4-5-19-14(8-16)6-7-27(20(19)28)17-9-15(11-26-12-17)13-2-1-3-18(10-13)29-21(23,24)25;15-10-6-12(8-17-7-10)18-4-3-9-5-11(16)1-2-13(9)14(18)19/h1-5,8-12H,6-7H2;1-2,5-8H,3-4H2. The molecule has 3 aromatic carbocycles. The topological polar surface area (TPSA) is 75.6 Å². The summed E-state index contributed by atoms with van der Waals surface area (Å²) in [5.74, 6) is -0.492. The van der Waals surface area contributed by atoms with Gasteiger partial charge in [-0.2, -0.15) is 0 Å². The Morgan fingerprint density at radius 1 is 0.688 bits per heavy atom. The highest BCUT2D eigenvalue weighted by Crippen LogP contribution is 2.32. The Labute approximate surface area is 292 Å². The number of nitrogens with zero attached hydrogens (tertiary/aromatic N) is 4. The van der Waals surface area contributed by atoms with E-state index in [1.54, 1.807) is 70.9 Å². The molecule has 7 rings (SSSR count). The number of pyridine rings is 2. The molecule has 4 heterocycles. The Bertz CT molecular complexity index is 2030. The summed E-state index contributed by atoms with van der Waals surface area (Å²) in [4.78, 5) is 37.0. The third-order valence-corrected chi connectivity index (χ3v) is 8.64. The molecule has 0 N–H and O–H groups in total. The van der Waals surface area contributed by atoms with Gasteiger partial charge in [-0.15, -0.1) is 13.2 Å². The van der Waals surface area contributed by atoms with Crippen LogP contribution in [0.2, 0.25) is 10.0 Å². The van der Waals surface area contributed by atoms with Crippen molar-refractivity contribution >= 4 is 62.3 Å². The molecule has 0 spiro atoms. The minimum Gasteiger partial charge on any atom is -0.406 e. The number of hydrogen-bond acceptors (Lipinski definition) is 5. The summed E-state index contributed by atoms with van der Waals surface area (Å²) in [7, 11) is 0. The highest BCUT2D eigenvalue weighted by Gasteiger charge is 2.31. The molecular weight excluding hydrogens is 732 g/mol. The molecule has 0 saturated carbocycles. The average molecular weight is 756 g/mol. The van der Waals surface area contributed by atoms with Crippen LogP contribution in [0.15, 0.2) is 102 Å². The predicted octanol–water partition coefficient (Wildman–Crippen LogP) is 9.20. The number of aromatic nitrogens is 2. The number of benzene rings is 3. The van der Waals surface area contributed by atoms with Gasteiger partial charge < -0.3 is 14.5 Å². The summed E-state index contributed by atoms with van der Waals surface area (Å²) >= 11 is 15.3. The number of halogens is 6. The van der Waals surface area contributed by atoms with Gasteiger partial charge in [0.2, 0.25) is 0 Å². The van der Waals surface area contributed by atoms with Crippen molar-refractivity contribution in [3.8, 4) is 16.9 Å². The maximum absolute atomic E-state index is 12.9. The molecule has 0 atom stereocenters. The lowest BCUT2D eigenvalue weighted by atomic mass is 9.98. The number of hydrogen-bond donors (Lipinski definition) is 0. The fourth-order valence-corrected chi connectivity index (χ4v) is 6.30. The van der Waals surface area contributed by atoms with Crippen molar-refractivity contribution in [2.24, 2.45) is 0 Å². The van der Waals surface area contributed by atoms with Crippen molar-refractivity contribution in [1.29, 1.82) is 0 Å². The SMILES string of the molecule is O=C1c2ccc(Cl)cc2CCN1c1cncc(-c2cccc(OC(F)(F)F)c2)c1.O=C1c2ccc(Cl)cc2CCN1c1cncc(Br)c1. The first-order valence-corrected chi connectivity index (χ1v) is 16.1. The Morgan fingerprint density at radius 2 is 1.25 bits per heavy atom. The van der Waals surface area contributed by atoms with Gasteiger partial charge >= 0.3 is 6.36 Å². The molecule has 7 nitrogen and oxygen atoms in total. The smallest absolute Gasteiger partial charge is 0.406 e. The molecule has 0 aliphatic carbocycles. The molecule has 0 radical (unpaired) electrons. The number of anilines is 2. The fourth-order valence-electron chi connectivity index (χ4n) is 5.56. The Balaban J connectivity index is 0.000000182. The lowest BCUT2D eigenvalue weighted by Gasteiger charge is -2.28. The number of carbonyl (C=O) groups excluding carboxylic acids is 2. The second-order valence-electron chi connectivity index (χ2n) is 10.9. The zero-order chi connectivity index (χ0) is 34.0. The van der Waals surface area contributed by atoms with Crippen LogP contribution in [0.5, 0.6) is 5.75 Å². The molecule has 0 saturated heterocycles. The minimum absolute atomic E-state index is 0.00202. The van der Waals surface area contributed by atoms with Gasteiger partial charge in [0.25, 0.3) is 11.8 Å². The van der Waals surface area contributed by atoms with Crippen LogP contribution in [0.25, 0.3) is 11.1 Å². The zero-order valence-corrected chi connectivity index (χ0v) is 27.9. The van der Waals surface area contributed by atoms with Gasteiger partial charge in [-0.3, -0.25) is 19.6 Å². The number of alkyl halides is 3. The molecule has 0 bridgehead atoms. The van der Waals surface area contributed by atoms with Gasteiger partial charge in [0.15, 0.2) is 0 Å². The molecule has 13 heteroatoms. The molecule has 2 amide bonds. The second kappa shape index (κ2) is 14.0. The van der Waals surface area contributed by atoms with E-state index in [1.807, 2.05) is 12.1 Å². The van der Waals surface area contributed by atoms with E-state index in [-0.39, 0.29) is 17.6 Å². The van der Waals surface area contributed by atoms with Gasteiger partial charge in [-0.1, -0.05) is 35.3 Å². The molecule has 0 unspecified atom stereocenters. The van der Waals surface area contributed by atoms with Gasteiger partial charge in [-0.05, 0) is 106 Å². The van der Waals surface area contributed by atoms with Crippen LogP contribution in [0.3, 0.4) is 0 Å². The van der Waals surface area contributed by atoms with Crippen molar-refractivity contribution in [2.45, 2.75) is 19.2 Å². The van der Waals surface area contributed by atoms with E-state index < -0.39 is 6.36 Å². The van der Waals surface area contributed by atoms with Gasteiger partial charge in [0, 0.05) is 56.7 Å². The van der Waals surface area contributed by atoms with E-state index in [0.717, 1.165) is 33.3 Å². The Hall–Kier alpha value is -4.45. The summed E-state index contributed by atoms with van der Waals surface area (Å²) in [5.41, 5.74) is 5.64. The van der Waals surface area contributed by atoms with E-state index in [2.05, 4.69) is 30.6 Å².